The lowest BCUT2D eigenvalue weighted by Crippen LogP contribution is -2.24. The number of phenolic OH excluding ortho intramolecular Hbond substituents is 1. The zero-order valence-corrected chi connectivity index (χ0v) is 17.4. The average Bonchev–Trinajstić information content (AvgIpc) is 2.68. The van der Waals surface area contributed by atoms with Gasteiger partial charge in [0.25, 0.3) is 0 Å². The van der Waals surface area contributed by atoms with Crippen molar-refractivity contribution in [2.24, 2.45) is 11.8 Å². The van der Waals surface area contributed by atoms with Crippen molar-refractivity contribution in [3.8, 4) is 11.5 Å². The molecule has 28 heavy (non-hydrogen) atoms. The van der Waals surface area contributed by atoms with E-state index in [1.54, 1.807) is 6.07 Å². The number of rotatable bonds is 12. The fraction of sp³-hybridized carbons (Fsp3) is 0.625. The number of hydrogen-bond acceptors (Lipinski definition) is 4. The maximum atomic E-state index is 12.3. The number of aryl methyl sites for hydroxylation is 1. The lowest BCUT2D eigenvalue weighted by atomic mass is 9.84. The Bertz CT molecular complexity index is 637. The van der Waals surface area contributed by atoms with Gasteiger partial charge in [0, 0.05) is 18.8 Å². The first-order valence-corrected chi connectivity index (χ1v) is 10.8. The van der Waals surface area contributed by atoms with Crippen LogP contribution in [0.15, 0.2) is 30.4 Å². The molecule has 0 radical (unpaired) electrons. The molecule has 0 aliphatic heterocycles. The van der Waals surface area contributed by atoms with Gasteiger partial charge in [0.15, 0.2) is 11.5 Å². The number of ether oxygens (including phenoxy) is 1. The Morgan fingerprint density at radius 2 is 2.04 bits per heavy atom. The molecule has 0 saturated carbocycles. The number of carbonyl (C=O) groups is 1. The fourth-order valence-corrected chi connectivity index (χ4v) is 3.61. The molecule has 0 aromatic heterocycles. The molecular formula is C24H36O4. The van der Waals surface area contributed by atoms with Crippen LogP contribution in [0.5, 0.6) is 11.5 Å². The predicted octanol–water partition coefficient (Wildman–Crippen LogP) is 5.21. The van der Waals surface area contributed by atoms with E-state index in [9.17, 15) is 15.0 Å². The number of Topliss-reactive ketones (excluding diaryl/α,β-unsaturated/α-hetero) is 1. The van der Waals surface area contributed by atoms with Gasteiger partial charge in [0.1, 0.15) is 5.78 Å². The van der Waals surface area contributed by atoms with E-state index in [2.05, 4.69) is 26.0 Å². The first-order valence-electron chi connectivity index (χ1n) is 10.8. The zero-order chi connectivity index (χ0) is 20.4. The van der Waals surface area contributed by atoms with Crippen LogP contribution in [0.25, 0.3) is 0 Å². The summed E-state index contributed by atoms with van der Waals surface area (Å²) in [6.07, 6.45) is 11.3. The second-order valence-electron chi connectivity index (χ2n) is 8.12. The standard InChI is InChI=1S/C24H36O4/c1-3-4-5-6-15-28-24-16-19(10-14-22(24)26)9-13-21(25)17-23(27)20-11-7-18(2)8-12-20/h7,10-11,14,16,18,20,23,26-27H,3-6,8-9,12-13,15,17H2,1-2H3. The summed E-state index contributed by atoms with van der Waals surface area (Å²) in [6, 6.07) is 5.28. The number of allylic oxidation sites excluding steroid dienone is 1. The number of aliphatic hydroxyl groups is 1. The van der Waals surface area contributed by atoms with Gasteiger partial charge in [-0.3, -0.25) is 4.79 Å². The largest absolute Gasteiger partial charge is 0.504 e. The quantitative estimate of drug-likeness (QED) is 0.381. The molecule has 4 heteroatoms. The summed E-state index contributed by atoms with van der Waals surface area (Å²) in [5.74, 6) is 1.37. The number of ketones is 1. The molecule has 3 atom stereocenters. The van der Waals surface area contributed by atoms with Gasteiger partial charge in [-0.25, -0.2) is 0 Å². The van der Waals surface area contributed by atoms with E-state index in [1.807, 2.05) is 12.1 Å². The van der Waals surface area contributed by atoms with Crippen LogP contribution in [-0.2, 0) is 11.2 Å². The van der Waals surface area contributed by atoms with Gasteiger partial charge >= 0.3 is 0 Å². The molecule has 2 N–H and O–H groups in total. The van der Waals surface area contributed by atoms with Crippen LogP contribution in [-0.4, -0.2) is 28.7 Å². The van der Waals surface area contributed by atoms with Crippen molar-refractivity contribution in [3.63, 3.8) is 0 Å². The van der Waals surface area contributed by atoms with Crippen molar-refractivity contribution in [3.05, 3.63) is 35.9 Å². The van der Waals surface area contributed by atoms with Gasteiger partial charge in [-0.2, -0.15) is 0 Å². The summed E-state index contributed by atoms with van der Waals surface area (Å²) in [5.41, 5.74) is 0.968. The van der Waals surface area contributed by atoms with Crippen LogP contribution in [0.3, 0.4) is 0 Å². The molecule has 4 nitrogen and oxygen atoms in total. The molecule has 3 unspecified atom stereocenters. The van der Waals surface area contributed by atoms with Gasteiger partial charge in [-0.1, -0.05) is 51.3 Å². The van der Waals surface area contributed by atoms with Gasteiger partial charge in [-0.05, 0) is 49.3 Å². The second-order valence-corrected chi connectivity index (χ2v) is 8.12. The van der Waals surface area contributed by atoms with Crippen molar-refractivity contribution in [1.82, 2.24) is 0 Å². The lowest BCUT2D eigenvalue weighted by Gasteiger charge is -2.24. The first-order chi connectivity index (χ1) is 13.5. The van der Waals surface area contributed by atoms with E-state index >= 15 is 0 Å². The van der Waals surface area contributed by atoms with Crippen molar-refractivity contribution in [2.45, 2.75) is 77.7 Å². The maximum Gasteiger partial charge on any atom is 0.161 e. The third-order valence-electron chi connectivity index (χ3n) is 5.55. The van der Waals surface area contributed by atoms with E-state index < -0.39 is 6.10 Å². The van der Waals surface area contributed by atoms with Gasteiger partial charge in [-0.15, -0.1) is 0 Å². The van der Waals surface area contributed by atoms with Crippen LogP contribution in [0.4, 0.5) is 0 Å². The third kappa shape index (κ3) is 7.67. The summed E-state index contributed by atoms with van der Waals surface area (Å²) in [5, 5.41) is 20.3. The highest BCUT2D eigenvalue weighted by atomic mass is 16.5. The van der Waals surface area contributed by atoms with Crippen molar-refractivity contribution in [2.75, 3.05) is 6.61 Å². The molecule has 0 bridgehead atoms. The van der Waals surface area contributed by atoms with Crippen LogP contribution in [0.1, 0.15) is 70.8 Å². The number of hydrogen-bond donors (Lipinski definition) is 2. The minimum Gasteiger partial charge on any atom is -0.504 e. The van der Waals surface area contributed by atoms with Gasteiger partial charge in [0.2, 0.25) is 0 Å². The number of phenols is 1. The first kappa shape index (κ1) is 22.5. The monoisotopic (exact) mass is 388 g/mol. The topological polar surface area (TPSA) is 66.8 Å². The summed E-state index contributed by atoms with van der Waals surface area (Å²) in [7, 11) is 0. The summed E-state index contributed by atoms with van der Waals surface area (Å²) in [4.78, 5) is 12.3. The Morgan fingerprint density at radius 1 is 1.21 bits per heavy atom. The van der Waals surface area contributed by atoms with Crippen molar-refractivity contribution in [1.29, 1.82) is 0 Å². The van der Waals surface area contributed by atoms with E-state index in [1.165, 1.54) is 12.8 Å². The molecule has 0 amide bonds. The van der Waals surface area contributed by atoms with E-state index in [-0.39, 0.29) is 23.9 Å². The lowest BCUT2D eigenvalue weighted by molar-refractivity contribution is -0.121. The minimum atomic E-state index is -0.585. The minimum absolute atomic E-state index is 0.0784. The molecule has 0 heterocycles. The zero-order valence-electron chi connectivity index (χ0n) is 17.4. The molecule has 2 rings (SSSR count). The molecule has 1 aliphatic rings. The smallest absolute Gasteiger partial charge is 0.161 e. The summed E-state index contributed by atoms with van der Waals surface area (Å²) < 4.78 is 5.70. The SMILES string of the molecule is CCCCCCOc1cc(CCC(=O)CC(O)C2C=CC(C)CC2)ccc1O. The number of benzene rings is 1. The Hall–Kier alpha value is -1.81. The molecule has 1 aliphatic carbocycles. The van der Waals surface area contributed by atoms with Crippen LogP contribution in [0, 0.1) is 11.8 Å². The van der Waals surface area contributed by atoms with Crippen molar-refractivity contribution < 1.29 is 19.7 Å². The molecular weight excluding hydrogens is 352 g/mol. The Morgan fingerprint density at radius 3 is 2.75 bits per heavy atom. The molecule has 1 aromatic rings. The number of carbonyl (C=O) groups excluding carboxylic acids is 1. The highest BCUT2D eigenvalue weighted by molar-refractivity contribution is 5.79. The molecule has 0 saturated heterocycles. The number of aliphatic hydroxyl groups excluding tert-OH is 1. The van der Waals surface area contributed by atoms with E-state index in [0.717, 1.165) is 31.2 Å². The Balaban J connectivity index is 1.77. The highest BCUT2D eigenvalue weighted by Crippen LogP contribution is 2.28. The third-order valence-corrected chi connectivity index (χ3v) is 5.55. The Labute approximate surface area is 169 Å². The van der Waals surface area contributed by atoms with Crippen LogP contribution < -0.4 is 4.74 Å². The number of aromatic hydroxyl groups is 1. The highest BCUT2D eigenvalue weighted by Gasteiger charge is 2.22. The summed E-state index contributed by atoms with van der Waals surface area (Å²) in [6.45, 7) is 4.93. The predicted molar refractivity (Wildman–Crippen MR) is 113 cm³/mol. The number of unbranched alkanes of at least 4 members (excludes halogenated alkanes) is 3. The molecule has 0 spiro atoms. The normalized spacial score (nSPS) is 20.1. The summed E-state index contributed by atoms with van der Waals surface area (Å²) >= 11 is 0. The molecule has 1 aromatic carbocycles. The van der Waals surface area contributed by atoms with Gasteiger partial charge in [0.05, 0.1) is 12.7 Å². The Kier molecular flexibility index (Phi) is 9.56. The van der Waals surface area contributed by atoms with Crippen LogP contribution in [0.2, 0.25) is 0 Å². The molecule has 0 fully saturated rings. The fourth-order valence-electron chi connectivity index (χ4n) is 3.61. The molecule has 156 valence electrons. The second kappa shape index (κ2) is 11.9. The van der Waals surface area contributed by atoms with Crippen molar-refractivity contribution >= 4 is 5.78 Å². The average molecular weight is 389 g/mol. The van der Waals surface area contributed by atoms with Crippen LogP contribution >= 0.6 is 0 Å². The maximum absolute atomic E-state index is 12.3. The van der Waals surface area contributed by atoms with E-state index in [4.69, 9.17) is 4.74 Å². The van der Waals surface area contributed by atoms with E-state index in [0.29, 0.717) is 31.1 Å². The van der Waals surface area contributed by atoms with Gasteiger partial charge < -0.3 is 14.9 Å².